The quantitative estimate of drug-likeness (QED) is 0.675. The second kappa shape index (κ2) is 7.85. The molecule has 0 aromatic heterocycles. The fourth-order valence-corrected chi connectivity index (χ4v) is 1.82. The zero-order valence-electron chi connectivity index (χ0n) is 10.5. The van der Waals surface area contributed by atoms with E-state index in [1.807, 2.05) is 13.0 Å². The van der Waals surface area contributed by atoms with Crippen LogP contribution in [-0.4, -0.2) is 18.5 Å². The Labute approximate surface area is 103 Å². The molecule has 3 N–H and O–H groups in total. The number of nitrogens with one attached hydrogen (secondary N) is 1. The van der Waals surface area contributed by atoms with E-state index in [-0.39, 0.29) is 11.9 Å². The lowest BCUT2D eigenvalue weighted by Gasteiger charge is -2.11. The maximum atomic E-state index is 10.7. The van der Waals surface area contributed by atoms with Crippen LogP contribution in [-0.2, 0) is 11.2 Å². The standard InChI is InChI=1S/C14H22N2O/c1-12(11-14(15)17)16-10-6-5-9-13-7-3-2-4-8-13/h2-4,7-8,12,16H,5-6,9-11H2,1H3,(H2,15,17). The number of carbonyl (C=O) groups is 1. The SMILES string of the molecule is CC(CC(N)=O)NCCCCc1ccccc1. The minimum atomic E-state index is -0.241. The first-order valence-corrected chi connectivity index (χ1v) is 6.24. The zero-order chi connectivity index (χ0) is 12.5. The minimum absolute atomic E-state index is 0.184. The predicted molar refractivity (Wildman–Crippen MR) is 70.7 cm³/mol. The average molecular weight is 234 g/mol. The summed E-state index contributed by atoms with van der Waals surface area (Å²) in [6.45, 7) is 2.93. The monoisotopic (exact) mass is 234 g/mol. The minimum Gasteiger partial charge on any atom is -0.370 e. The Hall–Kier alpha value is -1.35. The first-order chi connectivity index (χ1) is 8.18. The Morgan fingerprint density at radius 2 is 2.00 bits per heavy atom. The Bertz CT molecular complexity index is 324. The van der Waals surface area contributed by atoms with Gasteiger partial charge in [0, 0.05) is 12.5 Å². The first kappa shape index (κ1) is 13.7. The second-order valence-corrected chi connectivity index (χ2v) is 4.47. The summed E-state index contributed by atoms with van der Waals surface area (Å²) < 4.78 is 0. The molecule has 0 bridgehead atoms. The van der Waals surface area contributed by atoms with Crippen LogP contribution >= 0.6 is 0 Å². The molecule has 1 aromatic carbocycles. The number of aryl methyl sites for hydroxylation is 1. The third-order valence-corrected chi connectivity index (χ3v) is 2.74. The maximum absolute atomic E-state index is 10.7. The van der Waals surface area contributed by atoms with Crippen molar-refractivity contribution in [1.82, 2.24) is 5.32 Å². The molecule has 1 aromatic rings. The van der Waals surface area contributed by atoms with Gasteiger partial charge in [-0.3, -0.25) is 4.79 Å². The largest absolute Gasteiger partial charge is 0.370 e. The molecule has 0 saturated heterocycles. The molecule has 3 nitrogen and oxygen atoms in total. The first-order valence-electron chi connectivity index (χ1n) is 6.24. The Morgan fingerprint density at radius 1 is 1.29 bits per heavy atom. The third-order valence-electron chi connectivity index (χ3n) is 2.74. The summed E-state index contributed by atoms with van der Waals surface area (Å²) in [6, 6.07) is 10.7. The van der Waals surface area contributed by atoms with Crippen LogP contribution in [0.1, 0.15) is 31.7 Å². The predicted octanol–water partition coefficient (Wildman–Crippen LogP) is 1.86. The Morgan fingerprint density at radius 3 is 2.65 bits per heavy atom. The molecule has 94 valence electrons. The summed E-state index contributed by atoms with van der Waals surface area (Å²) >= 11 is 0. The van der Waals surface area contributed by atoms with Gasteiger partial charge in [0.05, 0.1) is 0 Å². The zero-order valence-corrected chi connectivity index (χ0v) is 10.5. The van der Waals surface area contributed by atoms with Crippen molar-refractivity contribution in [2.75, 3.05) is 6.54 Å². The third kappa shape index (κ3) is 6.74. The topological polar surface area (TPSA) is 55.1 Å². The molecule has 0 fully saturated rings. The van der Waals surface area contributed by atoms with E-state index in [1.54, 1.807) is 0 Å². The number of amides is 1. The van der Waals surface area contributed by atoms with Crippen LogP contribution < -0.4 is 11.1 Å². The fraction of sp³-hybridized carbons (Fsp3) is 0.500. The van der Waals surface area contributed by atoms with Gasteiger partial charge < -0.3 is 11.1 Å². The summed E-state index contributed by atoms with van der Waals surface area (Å²) in [5, 5.41) is 3.30. The Balaban J connectivity index is 2.03. The molecule has 1 atom stereocenters. The number of rotatable bonds is 8. The van der Waals surface area contributed by atoms with Crippen LogP contribution in [0.4, 0.5) is 0 Å². The van der Waals surface area contributed by atoms with E-state index in [1.165, 1.54) is 12.0 Å². The molecule has 1 amide bonds. The number of unbranched alkanes of at least 4 members (excludes halogenated alkanes) is 1. The van der Waals surface area contributed by atoms with Gasteiger partial charge in [-0.05, 0) is 38.3 Å². The molecule has 0 radical (unpaired) electrons. The van der Waals surface area contributed by atoms with Crippen molar-refractivity contribution in [2.45, 2.75) is 38.6 Å². The molecule has 3 heteroatoms. The highest BCUT2D eigenvalue weighted by molar-refractivity contribution is 5.74. The molecule has 0 spiro atoms. The smallest absolute Gasteiger partial charge is 0.218 e. The molecule has 0 aliphatic rings. The van der Waals surface area contributed by atoms with Gasteiger partial charge in [0.25, 0.3) is 0 Å². The van der Waals surface area contributed by atoms with Gasteiger partial charge in [0.15, 0.2) is 0 Å². The molecule has 0 heterocycles. The van der Waals surface area contributed by atoms with Crippen molar-refractivity contribution < 1.29 is 4.79 Å². The summed E-state index contributed by atoms with van der Waals surface area (Å²) in [5.74, 6) is -0.241. The van der Waals surface area contributed by atoms with Gasteiger partial charge in [-0.25, -0.2) is 0 Å². The lowest BCUT2D eigenvalue weighted by molar-refractivity contribution is -0.118. The van der Waals surface area contributed by atoms with Crippen LogP contribution in [0.3, 0.4) is 0 Å². The number of carbonyl (C=O) groups excluding carboxylic acids is 1. The van der Waals surface area contributed by atoms with Crippen molar-refractivity contribution in [3.63, 3.8) is 0 Å². The van der Waals surface area contributed by atoms with Crippen LogP contribution in [0.2, 0.25) is 0 Å². The van der Waals surface area contributed by atoms with E-state index < -0.39 is 0 Å². The van der Waals surface area contributed by atoms with E-state index in [9.17, 15) is 4.79 Å². The van der Waals surface area contributed by atoms with E-state index in [4.69, 9.17) is 5.73 Å². The molecule has 17 heavy (non-hydrogen) atoms. The highest BCUT2D eigenvalue weighted by Crippen LogP contribution is 2.04. The van der Waals surface area contributed by atoms with Crippen LogP contribution in [0.15, 0.2) is 30.3 Å². The average Bonchev–Trinajstić information content (AvgIpc) is 2.29. The summed E-state index contributed by atoms with van der Waals surface area (Å²) in [5.41, 5.74) is 6.51. The lowest BCUT2D eigenvalue weighted by atomic mass is 10.1. The van der Waals surface area contributed by atoms with Gasteiger partial charge in [-0.1, -0.05) is 30.3 Å². The van der Waals surface area contributed by atoms with Crippen molar-refractivity contribution in [3.8, 4) is 0 Å². The van der Waals surface area contributed by atoms with Gasteiger partial charge in [0.2, 0.25) is 5.91 Å². The van der Waals surface area contributed by atoms with E-state index in [0.717, 1.165) is 19.4 Å². The second-order valence-electron chi connectivity index (χ2n) is 4.47. The molecular weight excluding hydrogens is 212 g/mol. The molecule has 0 aliphatic heterocycles. The summed E-state index contributed by atoms with van der Waals surface area (Å²) in [7, 11) is 0. The molecule has 0 aliphatic carbocycles. The van der Waals surface area contributed by atoms with Crippen molar-refractivity contribution >= 4 is 5.91 Å². The van der Waals surface area contributed by atoms with Gasteiger partial charge >= 0.3 is 0 Å². The molecule has 0 saturated carbocycles. The highest BCUT2D eigenvalue weighted by atomic mass is 16.1. The van der Waals surface area contributed by atoms with E-state index in [0.29, 0.717) is 6.42 Å². The Kier molecular flexibility index (Phi) is 6.33. The maximum Gasteiger partial charge on any atom is 0.218 e. The van der Waals surface area contributed by atoms with E-state index >= 15 is 0 Å². The van der Waals surface area contributed by atoms with Crippen molar-refractivity contribution in [2.24, 2.45) is 5.73 Å². The number of hydrogen-bond donors (Lipinski definition) is 2. The highest BCUT2D eigenvalue weighted by Gasteiger charge is 2.03. The molecule has 1 rings (SSSR count). The number of nitrogens with two attached hydrogens (primary N) is 1. The van der Waals surface area contributed by atoms with E-state index in [2.05, 4.69) is 29.6 Å². The van der Waals surface area contributed by atoms with Crippen LogP contribution in [0.25, 0.3) is 0 Å². The van der Waals surface area contributed by atoms with Crippen molar-refractivity contribution in [3.05, 3.63) is 35.9 Å². The van der Waals surface area contributed by atoms with Gasteiger partial charge in [-0.15, -0.1) is 0 Å². The van der Waals surface area contributed by atoms with Crippen LogP contribution in [0.5, 0.6) is 0 Å². The summed E-state index contributed by atoms with van der Waals surface area (Å²) in [6.07, 6.45) is 3.82. The fourth-order valence-electron chi connectivity index (χ4n) is 1.82. The molecule has 1 unspecified atom stereocenters. The number of primary amides is 1. The lowest BCUT2D eigenvalue weighted by Crippen LogP contribution is -2.31. The van der Waals surface area contributed by atoms with Gasteiger partial charge in [-0.2, -0.15) is 0 Å². The number of hydrogen-bond acceptors (Lipinski definition) is 2. The normalized spacial score (nSPS) is 12.3. The van der Waals surface area contributed by atoms with Crippen LogP contribution in [0, 0.1) is 0 Å². The van der Waals surface area contributed by atoms with Crippen molar-refractivity contribution in [1.29, 1.82) is 0 Å². The van der Waals surface area contributed by atoms with Gasteiger partial charge in [0.1, 0.15) is 0 Å². The number of benzene rings is 1. The summed E-state index contributed by atoms with van der Waals surface area (Å²) in [4.78, 5) is 10.7. The molecular formula is C14H22N2O.